The van der Waals surface area contributed by atoms with Gasteiger partial charge >= 0.3 is 0 Å². The molecule has 148 valence electrons. The highest BCUT2D eigenvalue weighted by molar-refractivity contribution is 6.06. The van der Waals surface area contributed by atoms with E-state index in [1.165, 1.54) is 12.0 Å². The Kier molecular flexibility index (Phi) is 4.78. The Morgan fingerprint density at radius 1 is 1.14 bits per heavy atom. The molecule has 1 atom stereocenters. The monoisotopic (exact) mass is 385 g/mol. The average Bonchev–Trinajstić information content (AvgIpc) is 3.04. The molecule has 8 nitrogen and oxygen atoms in total. The van der Waals surface area contributed by atoms with E-state index in [0.29, 0.717) is 24.3 Å². The number of imide groups is 1. The lowest BCUT2D eigenvalue weighted by Gasteiger charge is -2.32. The zero-order valence-electron chi connectivity index (χ0n) is 15.8. The van der Waals surface area contributed by atoms with Gasteiger partial charge in [-0.2, -0.15) is 0 Å². The number of hydrogen-bond donors (Lipinski definition) is 1. The fourth-order valence-corrected chi connectivity index (χ4v) is 4.29. The number of piperidine rings is 2. The summed E-state index contributed by atoms with van der Waals surface area (Å²) >= 11 is 0. The summed E-state index contributed by atoms with van der Waals surface area (Å²) < 4.78 is 5.50. The van der Waals surface area contributed by atoms with Gasteiger partial charge < -0.3 is 19.3 Å². The molecule has 0 bridgehead atoms. The van der Waals surface area contributed by atoms with Gasteiger partial charge in [-0.05, 0) is 30.9 Å². The van der Waals surface area contributed by atoms with E-state index in [1.54, 1.807) is 0 Å². The molecule has 2 saturated heterocycles. The Balaban J connectivity index is 1.60. The lowest BCUT2D eigenvalue weighted by molar-refractivity contribution is -0.136. The predicted octanol–water partition coefficient (Wildman–Crippen LogP) is 0.871. The van der Waals surface area contributed by atoms with Crippen LogP contribution in [0.25, 0.3) is 0 Å². The summed E-state index contributed by atoms with van der Waals surface area (Å²) in [6.45, 7) is 1.86. The Morgan fingerprint density at radius 2 is 1.89 bits per heavy atom. The summed E-state index contributed by atoms with van der Waals surface area (Å²) in [6, 6.07) is 3.18. The number of hydrogen-bond acceptors (Lipinski definition) is 6. The molecule has 0 aliphatic carbocycles. The number of anilines is 1. The maximum absolute atomic E-state index is 13.0. The van der Waals surface area contributed by atoms with E-state index >= 15 is 0 Å². The molecule has 0 aromatic heterocycles. The van der Waals surface area contributed by atoms with Crippen LogP contribution in [-0.4, -0.2) is 55.1 Å². The van der Waals surface area contributed by atoms with Gasteiger partial charge in [0.2, 0.25) is 11.8 Å². The van der Waals surface area contributed by atoms with Crippen molar-refractivity contribution in [2.24, 2.45) is 5.92 Å². The number of fused-ring (bicyclic) bond motifs is 1. The number of ether oxygens (including phenoxy) is 1. The maximum atomic E-state index is 13.0. The minimum atomic E-state index is -0.644. The van der Waals surface area contributed by atoms with E-state index in [2.05, 4.69) is 10.2 Å². The molecular weight excluding hydrogens is 362 g/mol. The molecule has 4 rings (SSSR count). The summed E-state index contributed by atoms with van der Waals surface area (Å²) in [5.41, 5.74) is 2.26. The first-order valence-corrected chi connectivity index (χ1v) is 9.57. The van der Waals surface area contributed by atoms with Crippen molar-refractivity contribution in [1.29, 1.82) is 0 Å². The Hall–Kier alpha value is -2.90. The SMILES string of the molecule is COc1cc(N2CCC(C=O)CC2)cc2c1C(=O)N(C1CCC(=O)NC1=O)C2. The third-order valence-corrected chi connectivity index (χ3v) is 5.89. The Bertz CT molecular complexity index is 844. The second-order valence-corrected chi connectivity index (χ2v) is 7.54. The smallest absolute Gasteiger partial charge is 0.258 e. The van der Waals surface area contributed by atoms with Crippen molar-refractivity contribution in [3.8, 4) is 5.75 Å². The van der Waals surface area contributed by atoms with Gasteiger partial charge in [0, 0.05) is 43.7 Å². The molecule has 8 heteroatoms. The second-order valence-electron chi connectivity index (χ2n) is 7.54. The lowest BCUT2D eigenvalue weighted by atomic mass is 9.97. The largest absolute Gasteiger partial charge is 0.496 e. The van der Waals surface area contributed by atoms with Crippen LogP contribution in [0, 0.1) is 5.92 Å². The van der Waals surface area contributed by atoms with Gasteiger partial charge in [0.1, 0.15) is 18.1 Å². The summed E-state index contributed by atoms with van der Waals surface area (Å²) in [4.78, 5) is 51.4. The molecule has 1 unspecified atom stereocenters. The van der Waals surface area contributed by atoms with Gasteiger partial charge in [-0.15, -0.1) is 0 Å². The molecule has 0 saturated carbocycles. The van der Waals surface area contributed by atoms with E-state index in [0.717, 1.165) is 43.5 Å². The van der Waals surface area contributed by atoms with E-state index in [9.17, 15) is 19.2 Å². The van der Waals surface area contributed by atoms with Crippen LogP contribution in [0.15, 0.2) is 12.1 Å². The highest BCUT2D eigenvalue weighted by Crippen LogP contribution is 2.38. The molecule has 1 aromatic carbocycles. The summed E-state index contributed by atoms with van der Waals surface area (Å²) in [7, 11) is 1.53. The lowest BCUT2D eigenvalue weighted by Crippen LogP contribution is -2.52. The molecule has 3 amide bonds. The molecule has 3 aliphatic heterocycles. The molecule has 3 heterocycles. The van der Waals surface area contributed by atoms with E-state index in [4.69, 9.17) is 4.74 Å². The topological polar surface area (TPSA) is 96.0 Å². The van der Waals surface area contributed by atoms with Crippen LogP contribution in [-0.2, 0) is 20.9 Å². The predicted molar refractivity (Wildman–Crippen MR) is 100 cm³/mol. The van der Waals surface area contributed by atoms with Crippen molar-refractivity contribution >= 4 is 29.7 Å². The highest BCUT2D eigenvalue weighted by atomic mass is 16.5. The van der Waals surface area contributed by atoms with E-state index < -0.39 is 11.9 Å². The third-order valence-electron chi connectivity index (χ3n) is 5.89. The number of amides is 3. The quantitative estimate of drug-likeness (QED) is 0.610. The molecule has 0 radical (unpaired) electrons. The van der Waals surface area contributed by atoms with Crippen molar-refractivity contribution in [1.82, 2.24) is 10.2 Å². The number of aldehydes is 1. The fraction of sp³-hybridized carbons (Fsp3) is 0.500. The number of carbonyl (C=O) groups is 4. The van der Waals surface area contributed by atoms with Crippen LogP contribution in [0.4, 0.5) is 5.69 Å². The average molecular weight is 385 g/mol. The Labute approximate surface area is 162 Å². The van der Waals surface area contributed by atoms with Crippen LogP contribution >= 0.6 is 0 Å². The van der Waals surface area contributed by atoms with Crippen LogP contribution in [0.3, 0.4) is 0 Å². The first-order valence-electron chi connectivity index (χ1n) is 9.57. The standard InChI is InChI=1S/C20H23N3O5/c1-28-16-9-14(22-6-4-12(11-24)5-7-22)8-13-10-23(20(27)18(13)16)15-2-3-17(25)21-19(15)26/h8-9,11-12,15H,2-7,10H2,1H3,(H,21,25,26). The van der Waals surface area contributed by atoms with Crippen molar-refractivity contribution in [2.75, 3.05) is 25.1 Å². The van der Waals surface area contributed by atoms with Crippen molar-refractivity contribution in [3.63, 3.8) is 0 Å². The molecule has 28 heavy (non-hydrogen) atoms. The van der Waals surface area contributed by atoms with Gasteiger partial charge in [-0.1, -0.05) is 0 Å². The summed E-state index contributed by atoms with van der Waals surface area (Å²) in [5, 5.41) is 2.32. The van der Waals surface area contributed by atoms with Crippen LogP contribution < -0.4 is 15.0 Å². The van der Waals surface area contributed by atoms with Crippen LogP contribution in [0.2, 0.25) is 0 Å². The molecule has 3 aliphatic rings. The number of nitrogens with zero attached hydrogens (tertiary/aromatic N) is 2. The van der Waals surface area contributed by atoms with E-state index in [1.807, 2.05) is 12.1 Å². The van der Waals surface area contributed by atoms with E-state index in [-0.39, 0.29) is 24.2 Å². The minimum Gasteiger partial charge on any atom is -0.496 e. The van der Waals surface area contributed by atoms with Gasteiger partial charge in [-0.25, -0.2) is 0 Å². The van der Waals surface area contributed by atoms with Crippen LogP contribution in [0.5, 0.6) is 5.75 Å². The number of nitrogens with one attached hydrogen (secondary N) is 1. The van der Waals surface area contributed by atoms with Gasteiger partial charge in [0.15, 0.2) is 0 Å². The third kappa shape index (κ3) is 3.12. The molecule has 1 N–H and O–H groups in total. The molecular formula is C20H23N3O5. The van der Waals surface area contributed by atoms with Gasteiger partial charge in [0.25, 0.3) is 5.91 Å². The van der Waals surface area contributed by atoms with Gasteiger partial charge in [-0.3, -0.25) is 19.7 Å². The summed E-state index contributed by atoms with van der Waals surface area (Å²) in [5.74, 6) is -0.369. The first-order chi connectivity index (χ1) is 13.5. The zero-order valence-corrected chi connectivity index (χ0v) is 15.8. The molecule has 2 fully saturated rings. The zero-order chi connectivity index (χ0) is 19.8. The van der Waals surface area contributed by atoms with Crippen molar-refractivity contribution < 1.29 is 23.9 Å². The maximum Gasteiger partial charge on any atom is 0.258 e. The number of rotatable bonds is 4. The number of benzene rings is 1. The fourth-order valence-electron chi connectivity index (χ4n) is 4.29. The van der Waals surface area contributed by atoms with Crippen molar-refractivity contribution in [3.05, 3.63) is 23.3 Å². The number of carbonyl (C=O) groups excluding carboxylic acids is 4. The highest BCUT2D eigenvalue weighted by Gasteiger charge is 2.41. The summed E-state index contributed by atoms with van der Waals surface area (Å²) in [6.07, 6.45) is 3.20. The second kappa shape index (κ2) is 7.26. The minimum absolute atomic E-state index is 0.108. The van der Waals surface area contributed by atoms with Crippen LogP contribution in [0.1, 0.15) is 41.6 Å². The normalized spacial score (nSPS) is 22.9. The molecule has 1 aromatic rings. The Morgan fingerprint density at radius 3 is 2.54 bits per heavy atom. The number of methoxy groups -OCH3 is 1. The van der Waals surface area contributed by atoms with Gasteiger partial charge in [0.05, 0.1) is 12.7 Å². The molecule has 0 spiro atoms. The first kappa shape index (κ1) is 18.5. The van der Waals surface area contributed by atoms with Crippen molar-refractivity contribution in [2.45, 2.75) is 38.3 Å².